The molecule has 1 aliphatic heterocycles. The Hall–Kier alpha value is -4.67. The van der Waals surface area contributed by atoms with Gasteiger partial charge in [0.05, 0.1) is 18.1 Å². The highest BCUT2D eigenvalue weighted by molar-refractivity contribution is 5.73. The Morgan fingerprint density at radius 2 is 1.59 bits per heavy atom. The Morgan fingerprint density at radius 1 is 0.955 bits per heavy atom. The first-order valence-electron chi connectivity index (χ1n) is 13.1. The zero-order valence-electron chi connectivity index (χ0n) is 23.3. The van der Waals surface area contributed by atoms with Gasteiger partial charge in [-0.1, -0.05) is 30.3 Å². The van der Waals surface area contributed by atoms with Crippen molar-refractivity contribution in [1.82, 2.24) is 29.3 Å². The Bertz CT molecular complexity index is 1500. The predicted molar refractivity (Wildman–Crippen MR) is 145 cm³/mol. The van der Waals surface area contributed by atoms with Crippen molar-refractivity contribution >= 4 is 23.3 Å². The lowest BCUT2D eigenvalue weighted by atomic mass is 9.97. The number of nitrogens with zero attached hydrogens (tertiary/aromatic N) is 6. The molecule has 0 saturated carbocycles. The van der Waals surface area contributed by atoms with Crippen molar-refractivity contribution in [2.24, 2.45) is 7.05 Å². The molecule has 0 bridgehead atoms. The van der Waals surface area contributed by atoms with Crippen LogP contribution in [0.5, 0.6) is 0 Å². The van der Waals surface area contributed by atoms with Crippen molar-refractivity contribution in [3.05, 3.63) is 78.0 Å². The molecule has 3 aromatic heterocycles. The van der Waals surface area contributed by atoms with Crippen LogP contribution in [0.3, 0.4) is 0 Å². The zero-order chi connectivity index (χ0) is 32.5. The van der Waals surface area contributed by atoms with E-state index in [0.29, 0.717) is 5.92 Å². The summed E-state index contributed by atoms with van der Waals surface area (Å²) in [6, 6.07) is 14.5. The molecule has 17 heteroatoms. The van der Waals surface area contributed by atoms with E-state index in [-0.39, 0.29) is 0 Å². The highest BCUT2D eigenvalue weighted by atomic mass is 19.4. The number of halogens is 6. The summed E-state index contributed by atoms with van der Waals surface area (Å²) in [5.74, 6) is -4.19. The number of anilines is 1. The predicted octanol–water partition coefficient (Wildman–Crippen LogP) is 4.72. The molecule has 4 aromatic rings. The van der Waals surface area contributed by atoms with Gasteiger partial charge in [-0.25, -0.2) is 19.1 Å². The highest BCUT2D eigenvalue weighted by Crippen LogP contribution is 2.26. The molecule has 0 spiro atoms. The van der Waals surface area contributed by atoms with Gasteiger partial charge >= 0.3 is 24.3 Å². The maximum atomic E-state index is 10.6. The normalized spacial score (nSPS) is 15.5. The summed E-state index contributed by atoms with van der Waals surface area (Å²) in [7, 11) is 1.96. The molecule has 0 amide bonds. The standard InChI is InChI=1S/C23H27N7.2C2HF3O2/c1-28-14-19(13-25-28)15-29-11-5-8-20(16-29)23-26-22-10-9-21(17-30(22)27-23)24-12-18-6-3-2-4-7-18;2*3-2(4,5)1(6)7/h2-4,6-7,9-10,13-14,17,20,24H,5,8,11-12,15-16H2,1H3;2*(H,6,7). The lowest BCUT2D eigenvalue weighted by Crippen LogP contribution is -2.34. The minimum Gasteiger partial charge on any atom is -0.475 e. The number of carboxylic acids is 2. The molecule has 5 rings (SSSR count). The average molecular weight is 630 g/mol. The maximum Gasteiger partial charge on any atom is 0.490 e. The third kappa shape index (κ3) is 10.6. The number of nitrogens with one attached hydrogen (secondary N) is 1. The second kappa shape index (κ2) is 14.7. The first-order chi connectivity index (χ1) is 20.6. The number of fused-ring (bicyclic) bond motifs is 1. The molecule has 11 nitrogen and oxygen atoms in total. The van der Waals surface area contributed by atoms with E-state index in [4.69, 9.17) is 29.9 Å². The summed E-state index contributed by atoms with van der Waals surface area (Å²) in [6.07, 6.45) is -1.78. The average Bonchev–Trinajstić information content (AvgIpc) is 3.57. The number of piperidine rings is 1. The first kappa shape index (κ1) is 33.8. The van der Waals surface area contributed by atoms with Crippen molar-refractivity contribution < 1.29 is 46.1 Å². The zero-order valence-corrected chi connectivity index (χ0v) is 23.3. The van der Waals surface area contributed by atoms with Crippen molar-refractivity contribution in [2.75, 3.05) is 18.4 Å². The third-order valence-electron chi connectivity index (χ3n) is 6.21. The Balaban J connectivity index is 0.000000317. The molecule has 1 fully saturated rings. The number of pyridine rings is 1. The van der Waals surface area contributed by atoms with Gasteiger partial charge in [-0.3, -0.25) is 9.58 Å². The van der Waals surface area contributed by atoms with E-state index in [1.807, 2.05) is 40.8 Å². The number of aryl methyl sites for hydroxylation is 1. The van der Waals surface area contributed by atoms with Crippen LogP contribution in [0, 0.1) is 0 Å². The molecular weight excluding hydrogens is 600 g/mol. The van der Waals surface area contributed by atoms with E-state index < -0.39 is 24.3 Å². The minimum atomic E-state index is -5.08. The number of rotatable bonds is 6. The Labute approximate surface area is 246 Å². The number of carbonyl (C=O) groups is 2. The Morgan fingerprint density at radius 3 is 2.16 bits per heavy atom. The van der Waals surface area contributed by atoms with Crippen LogP contribution in [0.4, 0.5) is 32.0 Å². The monoisotopic (exact) mass is 629 g/mol. The van der Waals surface area contributed by atoms with E-state index in [1.165, 1.54) is 17.5 Å². The summed E-state index contributed by atoms with van der Waals surface area (Å²) >= 11 is 0. The van der Waals surface area contributed by atoms with Gasteiger partial charge in [0.2, 0.25) is 0 Å². The number of alkyl halides is 6. The fourth-order valence-electron chi connectivity index (χ4n) is 4.20. The van der Waals surface area contributed by atoms with Gasteiger partial charge < -0.3 is 15.5 Å². The van der Waals surface area contributed by atoms with E-state index in [2.05, 4.69) is 51.8 Å². The van der Waals surface area contributed by atoms with E-state index in [0.717, 1.165) is 49.8 Å². The largest absolute Gasteiger partial charge is 0.490 e. The first-order valence-corrected chi connectivity index (χ1v) is 13.1. The molecular formula is C27H29F6N7O4. The van der Waals surface area contributed by atoms with Crippen LogP contribution in [-0.2, 0) is 29.7 Å². The van der Waals surface area contributed by atoms with Gasteiger partial charge in [0.25, 0.3) is 0 Å². The summed E-state index contributed by atoms with van der Waals surface area (Å²) < 4.78 is 67.2. The van der Waals surface area contributed by atoms with Crippen molar-refractivity contribution in [3.8, 4) is 0 Å². The molecule has 4 heterocycles. The lowest BCUT2D eigenvalue weighted by molar-refractivity contribution is -0.193. The molecule has 1 unspecified atom stereocenters. The summed E-state index contributed by atoms with van der Waals surface area (Å²) in [4.78, 5) is 25.1. The molecule has 3 N–H and O–H groups in total. The number of carboxylic acid groups (broad SMARTS) is 2. The fourth-order valence-corrected chi connectivity index (χ4v) is 4.20. The summed E-state index contributed by atoms with van der Waals surface area (Å²) in [5, 5.41) is 26.8. The van der Waals surface area contributed by atoms with Gasteiger partial charge in [-0.05, 0) is 37.1 Å². The van der Waals surface area contributed by atoms with Gasteiger partial charge in [0.1, 0.15) is 0 Å². The molecule has 1 aliphatic rings. The Kier molecular flexibility index (Phi) is 11.3. The van der Waals surface area contributed by atoms with Crippen LogP contribution in [0.1, 0.15) is 35.7 Å². The number of aliphatic carboxylic acids is 2. The van der Waals surface area contributed by atoms with E-state index >= 15 is 0 Å². The molecule has 1 atom stereocenters. The van der Waals surface area contributed by atoms with Crippen LogP contribution >= 0.6 is 0 Å². The van der Waals surface area contributed by atoms with Crippen molar-refractivity contribution in [2.45, 2.75) is 44.2 Å². The second-order valence-electron chi connectivity index (χ2n) is 9.73. The third-order valence-corrected chi connectivity index (χ3v) is 6.21. The number of benzene rings is 1. The molecule has 44 heavy (non-hydrogen) atoms. The number of hydrogen-bond acceptors (Lipinski definition) is 7. The molecule has 1 aromatic carbocycles. The number of likely N-dealkylation sites (tertiary alicyclic amines) is 1. The second-order valence-corrected chi connectivity index (χ2v) is 9.73. The maximum absolute atomic E-state index is 10.6. The van der Waals surface area contributed by atoms with Crippen LogP contribution in [0.15, 0.2) is 61.1 Å². The summed E-state index contributed by atoms with van der Waals surface area (Å²) in [6.45, 7) is 3.84. The van der Waals surface area contributed by atoms with Crippen LogP contribution in [0.25, 0.3) is 5.65 Å². The van der Waals surface area contributed by atoms with E-state index in [1.54, 1.807) is 0 Å². The molecule has 238 valence electrons. The van der Waals surface area contributed by atoms with Gasteiger partial charge in [0, 0.05) is 44.4 Å². The quantitative estimate of drug-likeness (QED) is 0.259. The number of hydrogen-bond donors (Lipinski definition) is 3. The smallest absolute Gasteiger partial charge is 0.475 e. The lowest BCUT2D eigenvalue weighted by Gasteiger charge is -2.30. The fraction of sp³-hybridized carbons (Fsp3) is 0.370. The SMILES string of the molecule is Cn1cc(CN2CCCC(c3nc4ccc(NCc5ccccc5)cn4n3)C2)cn1.O=C(O)C(F)(F)F.O=C(O)C(F)(F)F. The van der Waals surface area contributed by atoms with E-state index in [9.17, 15) is 26.3 Å². The van der Waals surface area contributed by atoms with Gasteiger partial charge in [-0.15, -0.1) is 0 Å². The van der Waals surface area contributed by atoms with Crippen LogP contribution < -0.4 is 5.32 Å². The van der Waals surface area contributed by atoms with Crippen LogP contribution in [0.2, 0.25) is 0 Å². The molecule has 1 saturated heterocycles. The molecule has 0 aliphatic carbocycles. The van der Waals surface area contributed by atoms with Crippen molar-refractivity contribution in [3.63, 3.8) is 0 Å². The highest BCUT2D eigenvalue weighted by Gasteiger charge is 2.38. The van der Waals surface area contributed by atoms with Crippen molar-refractivity contribution in [1.29, 1.82) is 0 Å². The summed E-state index contributed by atoms with van der Waals surface area (Å²) in [5.41, 5.74) is 4.47. The topological polar surface area (TPSA) is 138 Å². The minimum absolute atomic E-state index is 0.371. The number of aromatic nitrogens is 5. The molecule has 0 radical (unpaired) electrons. The van der Waals surface area contributed by atoms with Crippen LogP contribution in [-0.4, -0.2) is 76.9 Å². The van der Waals surface area contributed by atoms with Gasteiger partial charge in [-0.2, -0.15) is 36.5 Å². The van der Waals surface area contributed by atoms with Gasteiger partial charge in [0.15, 0.2) is 11.5 Å².